The van der Waals surface area contributed by atoms with Crippen molar-refractivity contribution in [3.63, 3.8) is 0 Å². The molecule has 2 aromatic rings. The predicted molar refractivity (Wildman–Crippen MR) is 107 cm³/mol. The molecule has 0 radical (unpaired) electrons. The number of nitrogens with one attached hydrogen (secondary N) is 1. The van der Waals surface area contributed by atoms with E-state index in [1.807, 2.05) is 27.7 Å². The lowest BCUT2D eigenvalue weighted by atomic mass is 10.1. The first-order chi connectivity index (χ1) is 12.2. The number of nitrogens with zero attached hydrogens (tertiary/aromatic N) is 2. The fraction of sp³-hybridized carbons (Fsp3) is 0.389. The van der Waals surface area contributed by atoms with E-state index in [-0.39, 0.29) is 24.4 Å². The highest BCUT2D eigenvalue weighted by atomic mass is 35.5. The van der Waals surface area contributed by atoms with Gasteiger partial charge in [-0.15, -0.1) is 11.3 Å². The number of aryl methyl sites for hydroxylation is 2. The van der Waals surface area contributed by atoms with Gasteiger partial charge in [-0.1, -0.05) is 30.1 Å². The first kappa shape index (κ1) is 20.7. The van der Waals surface area contributed by atoms with Gasteiger partial charge < -0.3 is 10.2 Å². The summed E-state index contributed by atoms with van der Waals surface area (Å²) in [5.74, 6) is -0.549. The molecule has 2 rings (SSSR count). The lowest BCUT2D eigenvalue weighted by molar-refractivity contribution is -0.117. The van der Waals surface area contributed by atoms with Crippen molar-refractivity contribution in [2.24, 2.45) is 0 Å². The molecule has 5 nitrogen and oxygen atoms in total. The monoisotopic (exact) mass is 413 g/mol. The summed E-state index contributed by atoms with van der Waals surface area (Å²) in [6, 6.07) is 4.60. The number of halogens is 2. The van der Waals surface area contributed by atoms with Gasteiger partial charge in [-0.25, -0.2) is 4.98 Å². The van der Waals surface area contributed by atoms with Crippen molar-refractivity contribution in [1.29, 1.82) is 0 Å². The van der Waals surface area contributed by atoms with Crippen molar-refractivity contribution in [2.75, 3.05) is 11.9 Å². The normalized spacial score (nSPS) is 11.9. The summed E-state index contributed by atoms with van der Waals surface area (Å²) in [5, 5.41) is 3.99. The molecule has 0 saturated carbocycles. The number of amides is 2. The molecule has 0 spiro atoms. The van der Waals surface area contributed by atoms with Gasteiger partial charge in [-0.3, -0.25) is 9.59 Å². The molecule has 1 atom stereocenters. The van der Waals surface area contributed by atoms with Crippen LogP contribution in [0.1, 0.15) is 41.2 Å². The maximum atomic E-state index is 12.9. The second-order valence-electron chi connectivity index (χ2n) is 6.03. The minimum atomic E-state index is -0.285. The molecule has 0 fully saturated rings. The Bertz CT molecular complexity index is 803. The van der Waals surface area contributed by atoms with Crippen LogP contribution in [0.25, 0.3) is 0 Å². The molecular formula is C18H21Cl2N3O2S. The van der Waals surface area contributed by atoms with E-state index in [4.69, 9.17) is 23.2 Å². The van der Waals surface area contributed by atoms with Gasteiger partial charge >= 0.3 is 0 Å². The van der Waals surface area contributed by atoms with Crippen LogP contribution in [-0.2, 0) is 4.79 Å². The largest absolute Gasteiger partial charge is 0.327 e. The number of carbonyl (C=O) groups excluding carboxylic acids is 2. The Balaban J connectivity index is 2.16. The van der Waals surface area contributed by atoms with E-state index in [9.17, 15) is 9.59 Å². The van der Waals surface area contributed by atoms with Crippen LogP contribution in [0.2, 0.25) is 10.0 Å². The SMILES string of the molecule is CCC(C)N(CC(=O)Nc1nc(C)c(C)s1)C(=O)c1ccc(Cl)c(Cl)c1. The van der Waals surface area contributed by atoms with Crippen LogP contribution in [0.3, 0.4) is 0 Å². The third kappa shape index (κ3) is 4.96. The van der Waals surface area contributed by atoms with Crippen LogP contribution < -0.4 is 5.32 Å². The molecule has 1 heterocycles. The number of thiazole rings is 1. The average molecular weight is 414 g/mol. The smallest absolute Gasteiger partial charge is 0.254 e. The number of hydrogen-bond acceptors (Lipinski definition) is 4. The van der Waals surface area contributed by atoms with Gasteiger partial charge in [0.25, 0.3) is 5.91 Å². The predicted octanol–water partition coefficient (Wildman–Crippen LogP) is 4.95. The quantitative estimate of drug-likeness (QED) is 0.728. The van der Waals surface area contributed by atoms with E-state index in [2.05, 4.69) is 10.3 Å². The fourth-order valence-electron chi connectivity index (χ4n) is 2.28. The van der Waals surface area contributed by atoms with Crippen molar-refractivity contribution in [3.05, 3.63) is 44.4 Å². The van der Waals surface area contributed by atoms with Crippen molar-refractivity contribution in [2.45, 2.75) is 40.2 Å². The minimum Gasteiger partial charge on any atom is -0.327 e. The second kappa shape index (κ2) is 8.84. The molecule has 26 heavy (non-hydrogen) atoms. The molecule has 1 aromatic carbocycles. The number of rotatable bonds is 6. The summed E-state index contributed by atoms with van der Waals surface area (Å²) in [4.78, 5) is 32.2. The van der Waals surface area contributed by atoms with Crippen LogP contribution >= 0.6 is 34.5 Å². The minimum absolute atomic E-state index is 0.0637. The Morgan fingerprint density at radius 3 is 2.50 bits per heavy atom. The number of benzene rings is 1. The number of hydrogen-bond donors (Lipinski definition) is 1. The highest BCUT2D eigenvalue weighted by Gasteiger charge is 2.24. The second-order valence-corrected chi connectivity index (χ2v) is 8.05. The lowest BCUT2D eigenvalue weighted by Crippen LogP contribution is -2.43. The van der Waals surface area contributed by atoms with Crippen molar-refractivity contribution in [3.8, 4) is 0 Å². The van der Waals surface area contributed by atoms with Crippen molar-refractivity contribution in [1.82, 2.24) is 9.88 Å². The van der Waals surface area contributed by atoms with Gasteiger partial charge in [-0.05, 0) is 45.4 Å². The number of aromatic nitrogens is 1. The van der Waals surface area contributed by atoms with E-state index in [1.165, 1.54) is 22.3 Å². The summed E-state index contributed by atoms with van der Waals surface area (Å²) in [5.41, 5.74) is 1.28. The highest BCUT2D eigenvalue weighted by Crippen LogP contribution is 2.24. The zero-order valence-electron chi connectivity index (χ0n) is 15.1. The first-order valence-electron chi connectivity index (χ1n) is 8.22. The van der Waals surface area contributed by atoms with Crippen LogP contribution in [-0.4, -0.2) is 34.3 Å². The standard InChI is InChI=1S/C18H21Cl2N3O2S/c1-5-10(2)23(17(25)13-6-7-14(19)15(20)8-13)9-16(24)22-18-21-11(3)12(4)26-18/h6-8,10H,5,9H2,1-4H3,(H,21,22,24). The zero-order valence-corrected chi connectivity index (χ0v) is 17.4. The van der Waals surface area contributed by atoms with Crippen LogP contribution in [0.4, 0.5) is 5.13 Å². The summed E-state index contributed by atoms with van der Waals surface area (Å²) in [6.07, 6.45) is 0.718. The molecule has 0 aliphatic heterocycles. The molecule has 1 aromatic heterocycles. The van der Waals surface area contributed by atoms with Gasteiger partial charge in [0.05, 0.1) is 15.7 Å². The van der Waals surface area contributed by atoms with Crippen LogP contribution in [0, 0.1) is 13.8 Å². The Hall–Kier alpha value is -1.63. The van der Waals surface area contributed by atoms with Gasteiger partial charge in [0.2, 0.25) is 5.91 Å². The Morgan fingerprint density at radius 1 is 1.27 bits per heavy atom. The molecular weight excluding hydrogens is 393 g/mol. The van der Waals surface area contributed by atoms with Gasteiger partial charge in [0, 0.05) is 16.5 Å². The average Bonchev–Trinajstić information content (AvgIpc) is 2.91. The third-order valence-corrected chi connectivity index (χ3v) is 5.87. The maximum absolute atomic E-state index is 12.9. The molecule has 0 saturated heterocycles. The maximum Gasteiger partial charge on any atom is 0.254 e. The van der Waals surface area contributed by atoms with Gasteiger partial charge in [0.1, 0.15) is 6.54 Å². The Morgan fingerprint density at radius 2 is 1.96 bits per heavy atom. The van der Waals surface area contributed by atoms with Crippen molar-refractivity contribution < 1.29 is 9.59 Å². The molecule has 0 bridgehead atoms. The Labute approximate surface area is 167 Å². The summed E-state index contributed by atoms with van der Waals surface area (Å²) >= 11 is 13.3. The van der Waals surface area contributed by atoms with E-state index in [0.717, 1.165) is 17.0 Å². The molecule has 0 aliphatic rings. The molecule has 140 valence electrons. The van der Waals surface area contributed by atoms with Crippen LogP contribution in [0.15, 0.2) is 18.2 Å². The summed E-state index contributed by atoms with van der Waals surface area (Å²) < 4.78 is 0. The first-order valence-corrected chi connectivity index (χ1v) is 9.80. The van der Waals surface area contributed by atoms with E-state index >= 15 is 0 Å². The van der Waals surface area contributed by atoms with Gasteiger partial charge in [0.15, 0.2) is 5.13 Å². The molecule has 1 N–H and O–H groups in total. The summed E-state index contributed by atoms with van der Waals surface area (Å²) in [7, 11) is 0. The topological polar surface area (TPSA) is 62.3 Å². The Kier molecular flexibility index (Phi) is 7.03. The van der Waals surface area contributed by atoms with Crippen LogP contribution in [0.5, 0.6) is 0 Å². The number of anilines is 1. The molecule has 2 amide bonds. The third-order valence-electron chi connectivity index (χ3n) is 4.14. The van der Waals surface area contributed by atoms with E-state index < -0.39 is 0 Å². The zero-order chi connectivity index (χ0) is 19.4. The van der Waals surface area contributed by atoms with Gasteiger partial charge in [-0.2, -0.15) is 0 Å². The number of carbonyl (C=O) groups is 2. The highest BCUT2D eigenvalue weighted by molar-refractivity contribution is 7.15. The fourth-order valence-corrected chi connectivity index (χ4v) is 3.41. The molecule has 8 heteroatoms. The van der Waals surface area contributed by atoms with E-state index in [1.54, 1.807) is 12.1 Å². The van der Waals surface area contributed by atoms with E-state index in [0.29, 0.717) is 20.7 Å². The lowest BCUT2D eigenvalue weighted by Gasteiger charge is -2.28. The summed E-state index contributed by atoms with van der Waals surface area (Å²) in [6.45, 7) is 7.64. The van der Waals surface area contributed by atoms with Crippen molar-refractivity contribution >= 4 is 51.5 Å². The molecule has 0 aliphatic carbocycles. The molecule has 1 unspecified atom stereocenters.